The first-order valence-electron chi connectivity index (χ1n) is 6.15. The SMILES string of the molecule is CSc1ncc(B2OC(C)(C)C(C)(C)O2)c(=O)n1C. The molecule has 0 radical (unpaired) electrons. The smallest absolute Gasteiger partial charge is 0.399 e. The zero-order valence-electron chi connectivity index (χ0n) is 12.2. The Kier molecular flexibility index (Phi) is 3.57. The van der Waals surface area contributed by atoms with Crippen molar-refractivity contribution >= 4 is 24.3 Å². The van der Waals surface area contributed by atoms with Crippen LogP contribution in [-0.2, 0) is 16.4 Å². The van der Waals surface area contributed by atoms with Crippen LogP contribution in [0.1, 0.15) is 27.7 Å². The van der Waals surface area contributed by atoms with Crippen molar-refractivity contribution in [1.29, 1.82) is 0 Å². The van der Waals surface area contributed by atoms with Gasteiger partial charge in [-0.05, 0) is 34.0 Å². The van der Waals surface area contributed by atoms with E-state index in [0.717, 1.165) is 0 Å². The fourth-order valence-corrected chi connectivity index (χ4v) is 2.38. The predicted molar refractivity (Wildman–Crippen MR) is 77.0 cm³/mol. The third-order valence-corrected chi connectivity index (χ3v) is 4.59. The molecule has 1 aromatic rings. The van der Waals surface area contributed by atoms with Gasteiger partial charge in [-0.1, -0.05) is 11.8 Å². The van der Waals surface area contributed by atoms with E-state index in [4.69, 9.17) is 9.31 Å². The summed E-state index contributed by atoms with van der Waals surface area (Å²) in [6.45, 7) is 7.84. The molecule has 0 aromatic carbocycles. The van der Waals surface area contributed by atoms with Crippen LogP contribution < -0.4 is 11.0 Å². The minimum atomic E-state index is -0.660. The monoisotopic (exact) mass is 282 g/mol. The highest BCUT2D eigenvalue weighted by Gasteiger charge is 2.52. The molecular weight excluding hydrogens is 263 g/mol. The Hall–Kier alpha value is -0.785. The Morgan fingerprint density at radius 1 is 1.26 bits per heavy atom. The molecule has 0 saturated carbocycles. The highest BCUT2D eigenvalue weighted by atomic mass is 32.2. The maximum Gasteiger partial charge on any atom is 0.502 e. The largest absolute Gasteiger partial charge is 0.502 e. The Morgan fingerprint density at radius 3 is 2.26 bits per heavy atom. The lowest BCUT2D eigenvalue weighted by Crippen LogP contribution is -2.47. The number of aromatic nitrogens is 2. The van der Waals surface area contributed by atoms with Crippen LogP contribution in [0.25, 0.3) is 0 Å². The fraction of sp³-hybridized carbons (Fsp3) is 0.667. The number of nitrogens with zero attached hydrogens (tertiary/aromatic N) is 2. The summed E-state index contributed by atoms with van der Waals surface area (Å²) in [6.07, 6.45) is 3.44. The standard InChI is InChI=1S/C12H19BN2O3S/c1-11(2)12(3,4)18-13(17-11)8-7-14-10(19-6)15(5)9(8)16/h7H,1-6H3. The number of thioether (sulfide) groups is 1. The normalized spacial score (nSPS) is 20.8. The lowest BCUT2D eigenvalue weighted by molar-refractivity contribution is 0.00578. The van der Waals surface area contributed by atoms with Crippen LogP contribution in [0.15, 0.2) is 16.1 Å². The minimum Gasteiger partial charge on any atom is -0.399 e. The Bertz CT molecular complexity index is 540. The second-order valence-corrected chi connectivity index (χ2v) is 6.43. The van der Waals surface area contributed by atoms with Crippen molar-refractivity contribution in [3.05, 3.63) is 16.6 Å². The van der Waals surface area contributed by atoms with E-state index in [1.807, 2.05) is 34.0 Å². The molecule has 1 saturated heterocycles. The van der Waals surface area contributed by atoms with Gasteiger partial charge >= 0.3 is 7.12 Å². The first kappa shape index (κ1) is 14.6. The molecule has 1 fully saturated rings. The summed E-state index contributed by atoms with van der Waals surface area (Å²) in [4.78, 5) is 16.6. The highest BCUT2D eigenvalue weighted by Crippen LogP contribution is 2.36. The van der Waals surface area contributed by atoms with E-state index in [2.05, 4.69) is 4.98 Å². The summed E-state index contributed by atoms with van der Waals surface area (Å²) >= 11 is 1.43. The van der Waals surface area contributed by atoms with Crippen LogP contribution in [0.4, 0.5) is 0 Å². The van der Waals surface area contributed by atoms with Crippen molar-refractivity contribution in [3.63, 3.8) is 0 Å². The van der Waals surface area contributed by atoms with Crippen LogP contribution in [-0.4, -0.2) is 34.1 Å². The summed E-state index contributed by atoms with van der Waals surface area (Å²) in [6, 6.07) is 0. The molecule has 1 aromatic heterocycles. The van der Waals surface area contributed by atoms with Gasteiger partial charge in [0.15, 0.2) is 5.16 Å². The van der Waals surface area contributed by atoms with E-state index in [0.29, 0.717) is 10.6 Å². The second-order valence-electron chi connectivity index (χ2n) is 5.65. The molecule has 0 bridgehead atoms. The average molecular weight is 282 g/mol. The van der Waals surface area contributed by atoms with Gasteiger partial charge in [0.1, 0.15) is 0 Å². The molecular formula is C12H19BN2O3S. The van der Waals surface area contributed by atoms with E-state index in [1.165, 1.54) is 16.3 Å². The van der Waals surface area contributed by atoms with E-state index >= 15 is 0 Å². The molecule has 0 N–H and O–H groups in total. The summed E-state index contributed by atoms with van der Waals surface area (Å²) in [5.41, 5.74) is -0.598. The topological polar surface area (TPSA) is 53.4 Å². The van der Waals surface area contributed by atoms with Gasteiger partial charge in [0.25, 0.3) is 5.56 Å². The third-order valence-electron chi connectivity index (χ3n) is 3.84. The predicted octanol–water partition coefficient (Wildman–Crippen LogP) is 0.801. The first-order chi connectivity index (χ1) is 8.69. The van der Waals surface area contributed by atoms with E-state index in [-0.39, 0.29) is 5.56 Å². The van der Waals surface area contributed by atoms with Crippen molar-refractivity contribution in [3.8, 4) is 0 Å². The van der Waals surface area contributed by atoms with Crippen LogP contribution in [0.2, 0.25) is 0 Å². The van der Waals surface area contributed by atoms with Gasteiger partial charge in [-0.25, -0.2) is 4.98 Å². The summed E-state index contributed by atoms with van der Waals surface area (Å²) < 4.78 is 13.3. The lowest BCUT2D eigenvalue weighted by Gasteiger charge is -2.32. The quantitative estimate of drug-likeness (QED) is 0.456. The van der Waals surface area contributed by atoms with Gasteiger partial charge in [-0.2, -0.15) is 0 Å². The van der Waals surface area contributed by atoms with Gasteiger partial charge < -0.3 is 9.31 Å². The average Bonchev–Trinajstić information content (AvgIpc) is 2.51. The van der Waals surface area contributed by atoms with Crippen molar-refractivity contribution in [2.24, 2.45) is 7.05 Å². The number of rotatable bonds is 2. The van der Waals surface area contributed by atoms with Gasteiger partial charge in [0.05, 0.1) is 16.7 Å². The molecule has 2 heterocycles. The van der Waals surface area contributed by atoms with E-state index in [1.54, 1.807) is 13.2 Å². The third kappa shape index (κ3) is 2.35. The summed E-state index contributed by atoms with van der Waals surface area (Å²) in [7, 11) is 1.04. The zero-order chi connectivity index (χ0) is 14.4. The summed E-state index contributed by atoms with van der Waals surface area (Å²) in [5.74, 6) is 0. The molecule has 0 atom stereocenters. The van der Waals surface area contributed by atoms with Crippen LogP contribution in [0, 0.1) is 0 Å². The maximum atomic E-state index is 12.3. The van der Waals surface area contributed by atoms with Gasteiger partial charge in [-0.15, -0.1) is 0 Å². The number of hydrogen-bond donors (Lipinski definition) is 0. The Morgan fingerprint density at radius 2 is 1.79 bits per heavy atom. The molecule has 1 aliphatic rings. The minimum absolute atomic E-state index is 0.127. The fourth-order valence-electron chi connectivity index (χ4n) is 1.87. The van der Waals surface area contributed by atoms with Crippen LogP contribution in [0.5, 0.6) is 0 Å². The van der Waals surface area contributed by atoms with Gasteiger partial charge in [0, 0.05) is 13.2 Å². The van der Waals surface area contributed by atoms with Crippen LogP contribution >= 0.6 is 11.8 Å². The molecule has 1 aliphatic heterocycles. The highest BCUT2D eigenvalue weighted by molar-refractivity contribution is 7.98. The molecule has 0 amide bonds. The Labute approximate surface area is 117 Å². The van der Waals surface area contributed by atoms with Gasteiger partial charge in [0.2, 0.25) is 0 Å². The van der Waals surface area contributed by atoms with Crippen molar-refractivity contribution in [2.45, 2.75) is 44.1 Å². The number of hydrogen-bond acceptors (Lipinski definition) is 5. The maximum absolute atomic E-state index is 12.3. The van der Waals surface area contributed by atoms with Crippen LogP contribution in [0.3, 0.4) is 0 Å². The Balaban J connectivity index is 2.41. The van der Waals surface area contributed by atoms with Gasteiger partial charge in [-0.3, -0.25) is 9.36 Å². The van der Waals surface area contributed by atoms with E-state index < -0.39 is 18.3 Å². The molecule has 0 unspecified atom stereocenters. The summed E-state index contributed by atoms with van der Waals surface area (Å²) in [5, 5.41) is 0.672. The molecule has 7 heteroatoms. The second kappa shape index (κ2) is 4.65. The van der Waals surface area contributed by atoms with Crippen molar-refractivity contribution in [1.82, 2.24) is 9.55 Å². The molecule has 2 rings (SSSR count). The molecule has 5 nitrogen and oxygen atoms in total. The molecule has 0 spiro atoms. The van der Waals surface area contributed by atoms with Crippen molar-refractivity contribution < 1.29 is 9.31 Å². The first-order valence-corrected chi connectivity index (χ1v) is 7.37. The molecule has 0 aliphatic carbocycles. The van der Waals surface area contributed by atoms with E-state index in [9.17, 15) is 4.79 Å². The molecule has 19 heavy (non-hydrogen) atoms. The molecule has 104 valence electrons. The lowest BCUT2D eigenvalue weighted by atomic mass is 9.81. The zero-order valence-corrected chi connectivity index (χ0v) is 13.0. The van der Waals surface area contributed by atoms with Crippen molar-refractivity contribution in [2.75, 3.05) is 6.26 Å².